The Hall–Kier alpha value is -2.29. The number of carbonyl (C=O) groups excluding carboxylic acids is 1. The molecule has 170 valence electrons. The molecule has 1 heterocycles. The van der Waals surface area contributed by atoms with Crippen molar-refractivity contribution in [3.8, 4) is 0 Å². The van der Waals surface area contributed by atoms with Crippen LogP contribution in [0.25, 0.3) is 11.0 Å². The number of hydrogen-bond acceptors (Lipinski definition) is 5. The summed E-state index contributed by atoms with van der Waals surface area (Å²) >= 11 is 1.93. The Morgan fingerprint density at radius 3 is 2.50 bits per heavy atom. The van der Waals surface area contributed by atoms with Crippen molar-refractivity contribution in [2.45, 2.75) is 54.4 Å². The lowest BCUT2D eigenvalue weighted by atomic mass is 10.0. The van der Waals surface area contributed by atoms with Crippen molar-refractivity contribution in [1.82, 2.24) is 5.32 Å². The molecule has 1 amide bonds. The maximum atomic E-state index is 13.0. The van der Waals surface area contributed by atoms with Crippen LogP contribution < -0.4 is 10.5 Å². The summed E-state index contributed by atoms with van der Waals surface area (Å²) in [6.07, 6.45) is 6.95. The molecule has 6 nitrogen and oxygen atoms in total. The number of rotatable bonds is 8. The molecule has 1 aliphatic rings. The summed E-state index contributed by atoms with van der Waals surface area (Å²) in [5.74, 6) is 0.931. The molecule has 1 saturated carbocycles. The van der Waals surface area contributed by atoms with Crippen LogP contribution in [0.15, 0.2) is 57.8 Å². The second-order valence-electron chi connectivity index (χ2n) is 8.17. The molecule has 0 atom stereocenters. The fourth-order valence-corrected chi connectivity index (χ4v) is 5.98. The topological polar surface area (TPSA) is 102 Å². The second-order valence-corrected chi connectivity index (χ2v) is 11.0. The first-order valence-corrected chi connectivity index (χ1v) is 13.5. The van der Waals surface area contributed by atoms with Gasteiger partial charge in [-0.25, -0.2) is 13.6 Å². The Morgan fingerprint density at radius 2 is 1.78 bits per heavy atom. The molecular weight excluding hydrogens is 444 g/mol. The molecule has 32 heavy (non-hydrogen) atoms. The van der Waals surface area contributed by atoms with E-state index in [9.17, 15) is 13.2 Å². The average molecular weight is 473 g/mol. The third-order valence-electron chi connectivity index (χ3n) is 5.87. The molecule has 1 aliphatic carbocycles. The summed E-state index contributed by atoms with van der Waals surface area (Å²) < 4.78 is 28.7. The molecule has 0 radical (unpaired) electrons. The zero-order valence-corrected chi connectivity index (χ0v) is 19.5. The molecule has 3 N–H and O–H groups in total. The highest BCUT2D eigenvalue weighted by Gasteiger charge is 2.22. The minimum Gasteiger partial charge on any atom is -0.451 e. The van der Waals surface area contributed by atoms with Crippen LogP contribution in [-0.4, -0.2) is 26.1 Å². The molecule has 8 heteroatoms. The Balaban J connectivity index is 1.42. The maximum absolute atomic E-state index is 13.0. The van der Waals surface area contributed by atoms with Crippen molar-refractivity contribution in [3.05, 3.63) is 65.4 Å². The molecule has 2 aromatic carbocycles. The van der Waals surface area contributed by atoms with Crippen LogP contribution in [0, 0.1) is 0 Å². The minimum absolute atomic E-state index is 0.0765. The third-order valence-corrected chi connectivity index (χ3v) is 8.20. The van der Waals surface area contributed by atoms with Crippen LogP contribution in [0.1, 0.15) is 53.8 Å². The molecule has 0 bridgehead atoms. The van der Waals surface area contributed by atoms with Crippen LogP contribution in [0.4, 0.5) is 0 Å². The first-order valence-electron chi connectivity index (χ1n) is 10.9. The van der Waals surface area contributed by atoms with Crippen molar-refractivity contribution in [2.24, 2.45) is 5.14 Å². The number of furan rings is 1. The smallest absolute Gasteiger partial charge is 0.287 e. The second kappa shape index (κ2) is 10.1. The van der Waals surface area contributed by atoms with Crippen LogP contribution in [0.5, 0.6) is 0 Å². The van der Waals surface area contributed by atoms with E-state index in [2.05, 4.69) is 5.32 Å². The van der Waals surface area contributed by atoms with E-state index >= 15 is 0 Å². The summed E-state index contributed by atoms with van der Waals surface area (Å²) in [4.78, 5) is 13.0. The van der Waals surface area contributed by atoms with Gasteiger partial charge in [-0.05, 0) is 43.0 Å². The number of nitrogens with one attached hydrogen (secondary N) is 1. The summed E-state index contributed by atoms with van der Waals surface area (Å²) in [5, 5.41) is 9.73. The highest BCUT2D eigenvalue weighted by atomic mass is 32.2. The van der Waals surface area contributed by atoms with Crippen molar-refractivity contribution < 1.29 is 17.6 Å². The SMILES string of the molecule is NS(=O)(=O)c1ccc(CCNC(=O)c2oc3ccccc3c2CSC2CCCCC2)cc1. The van der Waals surface area contributed by atoms with Gasteiger partial charge in [0.05, 0.1) is 4.90 Å². The van der Waals surface area contributed by atoms with Gasteiger partial charge >= 0.3 is 0 Å². The van der Waals surface area contributed by atoms with E-state index in [1.54, 1.807) is 12.1 Å². The number of carbonyl (C=O) groups is 1. The standard InChI is InChI=1S/C24H28N2O4S2/c25-32(28,29)19-12-10-17(11-13-19)14-15-26-24(27)23-21(16-31-18-6-2-1-3-7-18)20-8-4-5-9-22(20)30-23/h4-5,8-13,18H,1-3,6-7,14-16H2,(H,26,27)(H2,25,28,29). The van der Waals surface area contributed by atoms with E-state index in [0.29, 0.717) is 24.0 Å². The van der Waals surface area contributed by atoms with Gasteiger partial charge in [0.25, 0.3) is 5.91 Å². The van der Waals surface area contributed by atoms with Crippen molar-refractivity contribution >= 4 is 38.7 Å². The highest BCUT2D eigenvalue weighted by molar-refractivity contribution is 7.99. The Kier molecular flexibility index (Phi) is 7.23. The van der Waals surface area contributed by atoms with Gasteiger partial charge in [0, 0.05) is 28.5 Å². The van der Waals surface area contributed by atoms with Crippen molar-refractivity contribution in [3.63, 3.8) is 0 Å². The van der Waals surface area contributed by atoms with Crippen molar-refractivity contribution in [1.29, 1.82) is 0 Å². The quantitative estimate of drug-likeness (QED) is 0.498. The van der Waals surface area contributed by atoms with E-state index in [-0.39, 0.29) is 10.8 Å². The summed E-state index contributed by atoms with van der Waals surface area (Å²) in [6, 6.07) is 14.2. The number of sulfonamides is 1. The predicted octanol–water partition coefficient (Wildman–Crippen LogP) is 4.62. The van der Waals surface area contributed by atoms with Crippen LogP contribution in [0.2, 0.25) is 0 Å². The van der Waals surface area contributed by atoms with E-state index < -0.39 is 10.0 Å². The Bertz CT molecular complexity index is 1180. The van der Waals surface area contributed by atoms with Crippen LogP contribution in [0.3, 0.4) is 0 Å². The molecule has 0 saturated heterocycles. The van der Waals surface area contributed by atoms with Gasteiger partial charge in [-0.15, -0.1) is 0 Å². The fourth-order valence-electron chi connectivity index (χ4n) is 4.10. The summed E-state index contributed by atoms with van der Waals surface area (Å²) in [7, 11) is -3.71. The predicted molar refractivity (Wildman–Crippen MR) is 128 cm³/mol. The Labute approximate surface area is 193 Å². The lowest BCUT2D eigenvalue weighted by Gasteiger charge is -2.20. The monoisotopic (exact) mass is 472 g/mol. The molecule has 0 aliphatic heterocycles. The number of fused-ring (bicyclic) bond motifs is 1. The van der Waals surface area contributed by atoms with E-state index in [1.165, 1.54) is 44.2 Å². The van der Waals surface area contributed by atoms with Gasteiger partial charge < -0.3 is 9.73 Å². The molecule has 1 aromatic heterocycles. The molecular formula is C24H28N2O4S2. The number of amides is 1. The van der Waals surface area contributed by atoms with E-state index in [1.807, 2.05) is 36.0 Å². The lowest BCUT2D eigenvalue weighted by molar-refractivity contribution is 0.0927. The minimum atomic E-state index is -3.71. The number of para-hydroxylation sites is 1. The first-order chi connectivity index (χ1) is 15.4. The van der Waals surface area contributed by atoms with Crippen LogP contribution in [-0.2, 0) is 22.2 Å². The molecule has 0 unspecified atom stereocenters. The lowest BCUT2D eigenvalue weighted by Crippen LogP contribution is -2.26. The zero-order valence-electron chi connectivity index (χ0n) is 17.9. The van der Waals surface area contributed by atoms with Gasteiger partial charge in [-0.3, -0.25) is 4.79 Å². The van der Waals surface area contributed by atoms with Crippen molar-refractivity contribution in [2.75, 3.05) is 6.54 Å². The largest absolute Gasteiger partial charge is 0.451 e. The normalized spacial score (nSPS) is 15.2. The van der Waals surface area contributed by atoms with E-state index in [4.69, 9.17) is 9.56 Å². The van der Waals surface area contributed by atoms with E-state index in [0.717, 1.165) is 27.8 Å². The zero-order chi connectivity index (χ0) is 22.6. The first kappa shape index (κ1) is 22.9. The highest BCUT2D eigenvalue weighted by Crippen LogP contribution is 2.35. The Morgan fingerprint density at radius 1 is 1.06 bits per heavy atom. The number of nitrogens with two attached hydrogens (primary N) is 1. The number of thioether (sulfide) groups is 1. The average Bonchev–Trinajstić information content (AvgIpc) is 3.17. The van der Waals surface area contributed by atoms with Gasteiger partial charge in [0.2, 0.25) is 10.0 Å². The molecule has 3 aromatic rings. The molecule has 0 spiro atoms. The van der Waals surface area contributed by atoms with Crippen LogP contribution >= 0.6 is 11.8 Å². The molecule has 1 fully saturated rings. The number of primary sulfonamides is 1. The fraction of sp³-hybridized carbons (Fsp3) is 0.375. The third kappa shape index (κ3) is 5.54. The summed E-state index contributed by atoms with van der Waals surface area (Å²) in [6.45, 7) is 0.416. The number of hydrogen-bond donors (Lipinski definition) is 2. The summed E-state index contributed by atoms with van der Waals surface area (Å²) in [5.41, 5.74) is 2.61. The number of benzene rings is 2. The maximum Gasteiger partial charge on any atom is 0.287 e. The van der Waals surface area contributed by atoms with Gasteiger partial charge in [0.15, 0.2) is 5.76 Å². The van der Waals surface area contributed by atoms with Gasteiger partial charge in [-0.2, -0.15) is 11.8 Å². The van der Waals surface area contributed by atoms with Gasteiger partial charge in [0.1, 0.15) is 5.58 Å². The molecule has 4 rings (SSSR count). The van der Waals surface area contributed by atoms with Gasteiger partial charge in [-0.1, -0.05) is 49.6 Å².